The molecule has 0 fully saturated rings. The minimum atomic E-state index is 0.296. The van der Waals surface area contributed by atoms with Gasteiger partial charge in [-0.15, -0.1) is 0 Å². The largest absolute Gasteiger partial charge is 0.489 e. The molecule has 0 saturated heterocycles. The summed E-state index contributed by atoms with van der Waals surface area (Å²) in [5.74, 6) is 1.90. The average molecular weight is 350 g/mol. The number of nitrogens with two attached hydrogens (primary N) is 1. The normalized spacial score (nSPS) is 13.4. The van der Waals surface area contributed by atoms with Crippen molar-refractivity contribution in [2.45, 2.75) is 19.9 Å². The van der Waals surface area contributed by atoms with E-state index < -0.39 is 0 Å². The standard InChI is InChI=1S/C19H22N6O/c1-12-5-6-13-3-2-4-16(17(13)23-12)26-10-9-22-18-14-7-8-21-11-15(14)24-19(20)25-18/h2-6,21H,7-11H2,1H3,(H3,20,22,24,25). The summed E-state index contributed by atoms with van der Waals surface area (Å²) in [7, 11) is 0. The van der Waals surface area contributed by atoms with Crippen LogP contribution in [0.15, 0.2) is 30.3 Å². The first-order valence-electron chi connectivity index (χ1n) is 8.80. The lowest BCUT2D eigenvalue weighted by atomic mass is 10.1. The molecule has 2 aromatic heterocycles. The second-order valence-electron chi connectivity index (χ2n) is 6.34. The van der Waals surface area contributed by atoms with Crippen LogP contribution in [-0.2, 0) is 13.0 Å². The van der Waals surface area contributed by atoms with Gasteiger partial charge in [-0.3, -0.25) is 0 Å². The van der Waals surface area contributed by atoms with Gasteiger partial charge in [-0.05, 0) is 32.0 Å². The fraction of sp³-hybridized carbons (Fsp3) is 0.316. The molecule has 3 aromatic rings. The van der Waals surface area contributed by atoms with Crippen molar-refractivity contribution in [3.63, 3.8) is 0 Å². The van der Waals surface area contributed by atoms with Gasteiger partial charge >= 0.3 is 0 Å². The summed E-state index contributed by atoms with van der Waals surface area (Å²) in [6.07, 6.45) is 0.894. The van der Waals surface area contributed by atoms with E-state index in [-0.39, 0.29) is 0 Å². The van der Waals surface area contributed by atoms with Crippen LogP contribution in [0.25, 0.3) is 10.9 Å². The van der Waals surface area contributed by atoms with Crippen molar-refractivity contribution in [1.29, 1.82) is 0 Å². The number of ether oxygens (including phenoxy) is 1. The minimum Gasteiger partial charge on any atom is -0.489 e. The zero-order valence-electron chi connectivity index (χ0n) is 14.7. The second kappa shape index (κ2) is 7.13. The summed E-state index contributed by atoms with van der Waals surface area (Å²) < 4.78 is 5.96. The van der Waals surface area contributed by atoms with Crippen LogP contribution < -0.4 is 21.1 Å². The minimum absolute atomic E-state index is 0.296. The van der Waals surface area contributed by atoms with E-state index in [1.165, 1.54) is 0 Å². The van der Waals surface area contributed by atoms with Crippen LogP contribution in [0.2, 0.25) is 0 Å². The number of nitrogens with one attached hydrogen (secondary N) is 2. The Labute approximate surface area is 152 Å². The molecule has 0 aliphatic carbocycles. The van der Waals surface area contributed by atoms with Gasteiger partial charge in [0.1, 0.15) is 23.7 Å². The van der Waals surface area contributed by atoms with Gasteiger partial charge in [-0.1, -0.05) is 18.2 Å². The first-order valence-corrected chi connectivity index (χ1v) is 8.80. The number of nitrogens with zero attached hydrogens (tertiary/aromatic N) is 3. The van der Waals surface area contributed by atoms with Crippen molar-refractivity contribution in [2.24, 2.45) is 0 Å². The van der Waals surface area contributed by atoms with Gasteiger partial charge in [-0.2, -0.15) is 4.98 Å². The smallest absolute Gasteiger partial charge is 0.222 e. The van der Waals surface area contributed by atoms with Gasteiger partial charge in [0, 0.05) is 23.2 Å². The molecule has 0 bridgehead atoms. The van der Waals surface area contributed by atoms with E-state index in [2.05, 4.69) is 31.7 Å². The number of hydrogen-bond acceptors (Lipinski definition) is 7. The first kappa shape index (κ1) is 16.5. The number of pyridine rings is 1. The number of aromatic nitrogens is 3. The molecule has 1 aromatic carbocycles. The number of fused-ring (bicyclic) bond motifs is 2. The molecule has 3 heterocycles. The summed E-state index contributed by atoms with van der Waals surface area (Å²) >= 11 is 0. The van der Waals surface area contributed by atoms with Gasteiger partial charge in [0.2, 0.25) is 5.95 Å². The van der Waals surface area contributed by atoms with Crippen LogP contribution in [0.4, 0.5) is 11.8 Å². The zero-order chi connectivity index (χ0) is 17.9. The van der Waals surface area contributed by atoms with Crippen LogP contribution in [0.1, 0.15) is 17.0 Å². The summed E-state index contributed by atoms with van der Waals surface area (Å²) in [5.41, 5.74) is 9.80. The quantitative estimate of drug-likeness (QED) is 0.606. The monoisotopic (exact) mass is 350 g/mol. The van der Waals surface area contributed by atoms with E-state index in [9.17, 15) is 0 Å². The molecule has 7 heteroatoms. The Kier molecular flexibility index (Phi) is 4.53. The molecule has 0 unspecified atom stereocenters. The predicted octanol–water partition coefficient (Wildman–Crippen LogP) is 2.05. The van der Waals surface area contributed by atoms with Gasteiger partial charge < -0.3 is 21.1 Å². The Hall–Kier alpha value is -2.93. The Morgan fingerprint density at radius 1 is 1.19 bits per heavy atom. The van der Waals surface area contributed by atoms with Gasteiger partial charge in [-0.25, -0.2) is 9.97 Å². The number of rotatable bonds is 5. The van der Waals surface area contributed by atoms with Gasteiger partial charge in [0.05, 0.1) is 12.2 Å². The van der Waals surface area contributed by atoms with Crippen LogP contribution in [0.5, 0.6) is 5.75 Å². The highest BCUT2D eigenvalue weighted by Crippen LogP contribution is 2.24. The summed E-state index contributed by atoms with van der Waals surface area (Å²) in [4.78, 5) is 13.3. The highest BCUT2D eigenvalue weighted by Gasteiger charge is 2.16. The van der Waals surface area contributed by atoms with E-state index in [0.717, 1.165) is 58.9 Å². The number of hydrogen-bond donors (Lipinski definition) is 3. The second-order valence-corrected chi connectivity index (χ2v) is 6.34. The van der Waals surface area contributed by atoms with Crippen molar-refractivity contribution in [3.8, 4) is 5.75 Å². The van der Waals surface area contributed by atoms with Crippen molar-refractivity contribution in [2.75, 3.05) is 30.7 Å². The highest BCUT2D eigenvalue weighted by molar-refractivity contribution is 5.84. The molecule has 0 radical (unpaired) electrons. The Balaban J connectivity index is 1.44. The third-order valence-corrected chi connectivity index (χ3v) is 4.43. The Bertz CT molecular complexity index is 943. The molecule has 1 aliphatic heterocycles. The van der Waals surface area contributed by atoms with Crippen molar-refractivity contribution in [3.05, 3.63) is 47.3 Å². The molecule has 0 saturated carbocycles. The number of nitrogen functional groups attached to an aromatic ring is 1. The topological polar surface area (TPSA) is 98.0 Å². The summed E-state index contributed by atoms with van der Waals surface area (Å²) in [5, 5.41) is 7.71. The first-order chi connectivity index (χ1) is 12.7. The van der Waals surface area contributed by atoms with Crippen LogP contribution in [0, 0.1) is 6.92 Å². The Morgan fingerprint density at radius 2 is 2.12 bits per heavy atom. The van der Waals surface area contributed by atoms with Crippen molar-refractivity contribution < 1.29 is 4.74 Å². The van der Waals surface area contributed by atoms with Gasteiger partial charge in [0.15, 0.2) is 0 Å². The maximum absolute atomic E-state index is 5.96. The molecule has 26 heavy (non-hydrogen) atoms. The number of para-hydroxylation sites is 1. The lowest BCUT2D eigenvalue weighted by Crippen LogP contribution is -2.27. The van der Waals surface area contributed by atoms with Crippen molar-refractivity contribution in [1.82, 2.24) is 20.3 Å². The average Bonchev–Trinajstić information content (AvgIpc) is 2.65. The SMILES string of the molecule is Cc1ccc2cccc(OCCNc3nc(N)nc4c3CCNC4)c2n1. The molecule has 134 valence electrons. The number of benzene rings is 1. The van der Waals surface area contributed by atoms with Crippen LogP contribution >= 0.6 is 0 Å². The molecule has 4 rings (SSSR count). The fourth-order valence-electron chi connectivity index (χ4n) is 3.19. The number of anilines is 2. The zero-order valence-corrected chi connectivity index (χ0v) is 14.7. The molecular formula is C19H22N6O. The molecule has 0 amide bonds. The van der Waals surface area contributed by atoms with Crippen LogP contribution in [-0.4, -0.2) is 34.6 Å². The summed E-state index contributed by atoms with van der Waals surface area (Å²) in [6.45, 7) is 4.76. The third-order valence-electron chi connectivity index (χ3n) is 4.43. The number of aryl methyl sites for hydroxylation is 1. The molecule has 0 spiro atoms. The molecule has 4 N–H and O–H groups in total. The molecule has 7 nitrogen and oxygen atoms in total. The van der Waals surface area contributed by atoms with E-state index in [0.29, 0.717) is 19.1 Å². The maximum atomic E-state index is 5.96. The van der Waals surface area contributed by atoms with E-state index in [1.54, 1.807) is 0 Å². The lowest BCUT2D eigenvalue weighted by Gasteiger charge is -2.20. The summed E-state index contributed by atoms with van der Waals surface area (Å²) in [6, 6.07) is 10.0. The lowest BCUT2D eigenvalue weighted by molar-refractivity contribution is 0.336. The highest BCUT2D eigenvalue weighted by atomic mass is 16.5. The van der Waals surface area contributed by atoms with E-state index >= 15 is 0 Å². The van der Waals surface area contributed by atoms with E-state index in [4.69, 9.17) is 10.5 Å². The predicted molar refractivity (Wildman–Crippen MR) is 102 cm³/mol. The molecule has 1 aliphatic rings. The van der Waals surface area contributed by atoms with Gasteiger partial charge in [0.25, 0.3) is 0 Å². The fourth-order valence-corrected chi connectivity index (χ4v) is 3.19. The maximum Gasteiger partial charge on any atom is 0.222 e. The molecule has 0 atom stereocenters. The Morgan fingerprint density at radius 3 is 3.04 bits per heavy atom. The van der Waals surface area contributed by atoms with E-state index in [1.807, 2.05) is 31.2 Å². The third kappa shape index (κ3) is 3.39. The van der Waals surface area contributed by atoms with Crippen molar-refractivity contribution >= 4 is 22.7 Å². The van der Waals surface area contributed by atoms with Crippen LogP contribution in [0.3, 0.4) is 0 Å². The molecular weight excluding hydrogens is 328 g/mol.